The molecule has 22 heavy (non-hydrogen) atoms. The first kappa shape index (κ1) is 21.2. The smallest absolute Gasteiger partial charge is 0.237 e. The van der Waals surface area contributed by atoms with Crippen LogP contribution >= 0.6 is 24.8 Å². The second-order valence-electron chi connectivity index (χ2n) is 5.22. The number of rotatable bonds is 6. The van der Waals surface area contributed by atoms with Crippen molar-refractivity contribution in [2.24, 2.45) is 0 Å². The van der Waals surface area contributed by atoms with Crippen molar-refractivity contribution in [1.29, 1.82) is 0 Å². The number of likely N-dealkylation sites (N-methyl/N-ethyl adjacent to an activating group) is 1. The number of benzene rings is 1. The highest BCUT2D eigenvalue weighted by Crippen LogP contribution is 2.16. The first-order chi connectivity index (χ1) is 9.74. The Labute approximate surface area is 145 Å². The Morgan fingerprint density at radius 2 is 1.86 bits per heavy atom. The lowest BCUT2D eigenvalue weighted by Gasteiger charge is -2.26. The maximum Gasteiger partial charge on any atom is 0.237 e. The van der Waals surface area contributed by atoms with Gasteiger partial charge in [-0.15, -0.1) is 24.8 Å². The quantitative estimate of drug-likeness (QED) is 0.827. The van der Waals surface area contributed by atoms with E-state index in [0.29, 0.717) is 0 Å². The molecular weight excluding hydrogens is 321 g/mol. The summed E-state index contributed by atoms with van der Waals surface area (Å²) < 4.78 is 0. The standard InChI is InChI=1S/C16H25N3O.2ClH/c1-3-19(4-2)10-9-17-16(20)15-11-13-7-5-6-8-14(13)12-18-15;;/h5-8,15,18H,3-4,9-12H2,1-2H3,(H,17,20);2*1H. The predicted molar refractivity (Wildman–Crippen MR) is 96.1 cm³/mol. The van der Waals surface area contributed by atoms with E-state index in [0.717, 1.165) is 39.1 Å². The number of halogens is 2. The van der Waals surface area contributed by atoms with E-state index in [1.165, 1.54) is 11.1 Å². The van der Waals surface area contributed by atoms with Gasteiger partial charge in [0.2, 0.25) is 5.91 Å². The highest BCUT2D eigenvalue weighted by Gasteiger charge is 2.23. The number of hydrogen-bond acceptors (Lipinski definition) is 3. The van der Waals surface area contributed by atoms with Crippen LogP contribution in [0.15, 0.2) is 24.3 Å². The molecule has 2 N–H and O–H groups in total. The minimum atomic E-state index is -0.0957. The number of carbonyl (C=O) groups excluding carboxylic acids is 1. The molecule has 1 unspecified atom stereocenters. The Hall–Kier alpha value is -0.810. The van der Waals surface area contributed by atoms with E-state index in [2.05, 4.69) is 41.5 Å². The highest BCUT2D eigenvalue weighted by atomic mass is 35.5. The molecular formula is C16H27Cl2N3O. The van der Waals surface area contributed by atoms with Crippen molar-refractivity contribution in [3.8, 4) is 0 Å². The maximum atomic E-state index is 12.2. The number of nitrogens with one attached hydrogen (secondary N) is 2. The van der Waals surface area contributed by atoms with Gasteiger partial charge in [-0.3, -0.25) is 4.79 Å². The molecule has 0 bridgehead atoms. The molecule has 1 aromatic rings. The molecule has 126 valence electrons. The molecule has 2 rings (SSSR count). The average molecular weight is 348 g/mol. The number of amides is 1. The van der Waals surface area contributed by atoms with Crippen molar-refractivity contribution in [2.45, 2.75) is 32.9 Å². The molecule has 1 aromatic carbocycles. The van der Waals surface area contributed by atoms with E-state index in [9.17, 15) is 4.79 Å². The lowest BCUT2D eigenvalue weighted by atomic mass is 9.95. The van der Waals surface area contributed by atoms with E-state index in [1.54, 1.807) is 0 Å². The number of hydrogen-bond donors (Lipinski definition) is 2. The molecule has 0 saturated carbocycles. The number of carbonyl (C=O) groups is 1. The van der Waals surface area contributed by atoms with E-state index in [1.807, 2.05) is 12.1 Å². The predicted octanol–water partition coefficient (Wildman–Crippen LogP) is 2.00. The lowest BCUT2D eigenvalue weighted by molar-refractivity contribution is -0.123. The van der Waals surface area contributed by atoms with E-state index in [4.69, 9.17) is 0 Å². The summed E-state index contributed by atoms with van der Waals surface area (Å²) in [5.41, 5.74) is 2.59. The first-order valence-electron chi connectivity index (χ1n) is 7.54. The monoisotopic (exact) mass is 347 g/mol. The third-order valence-corrected chi connectivity index (χ3v) is 4.02. The van der Waals surface area contributed by atoms with Crippen molar-refractivity contribution in [1.82, 2.24) is 15.5 Å². The Kier molecular flexibility index (Phi) is 10.4. The van der Waals surface area contributed by atoms with Crippen LogP contribution in [0, 0.1) is 0 Å². The van der Waals surface area contributed by atoms with Crippen LogP contribution in [0.25, 0.3) is 0 Å². The molecule has 1 heterocycles. The van der Waals surface area contributed by atoms with Crippen LogP contribution in [-0.2, 0) is 17.8 Å². The largest absolute Gasteiger partial charge is 0.353 e. The molecule has 0 saturated heterocycles. The van der Waals surface area contributed by atoms with Crippen molar-refractivity contribution in [3.05, 3.63) is 35.4 Å². The summed E-state index contributed by atoms with van der Waals surface area (Å²) in [6.07, 6.45) is 0.785. The molecule has 6 heteroatoms. The Balaban J connectivity index is 0.00000220. The second kappa shape index (κ2) is 10.8. The van der Waals surface area contributed by atoms with Crippen molar-refractivity contribution >= 4 is 30.7 Å². The Morgan fingerprint density at radius 1 is 1.23 bits per heavy atom. The van der Waals surface area contributed by atoms with Crippen LogP contribution in [0.1, 0.15) is 25.0 Å². The van der Waals surface area contributed by atoms with Gasteiger partial charge in [-0.25, -0.2) is 0 Å². The van der Waals surface area contributed by atoms with Gasteiger partial charge < -0.3 is 15.5 Å². The number of fused-ring (bicyclic) bond motifs is 1. The maximum absolute atomic E-state index is 12.2. The molecule has 0 spiro atoms. The lowest BCUT2D eigenvalue weighted by Crippen LogP contribution is -2.49. The SMILES string of the molecule is CCN(CC)CCNC(=O)C1Cc2ccccc2CN1.Cl.Cl. The Morgan fingerprint density at radius 3 is 2.50 bits per heavy atom. The summed E-state index contributed by atoms with van der Waals surface area (Å²) in [7, 11) is 0. The zero-order chi connectivity index (χ0) is 14.4. The average Bonchev–Trinajstić information content (AvgIpc) is 2.51. The molecule has 1 amide bonds. The molecule has 1 atom stereocenters. The van der Waals surface area contributed by atoms with E-state index >= 15 is 0 Å². The van der Waals surface area contributed by atoms with E-state index in [-0.39, 0.29) is 36.8 Å². The van der Waals surface area contributed by atoms with Gasteiger partial charge in [0.25, 0.3) is 0 Å². The molecule has 1 aliphatic heterocycles. The molecule has 0 radical (unpaired) electrons. The summed E-state index contributed by atoms with van der Waals surface area (Å²) in [4.78, 5) is 14.5. The van der Waals surface area contributed by atoms with Crippen LogP contribution in [0.5, 0.6) is 0 Å². The van der Waals surface area contributed by atoms with Gasteiger partial charge in [0, 0.05) is 19.6 Å². The van der Waals surface area contributed by atoms with Crippen LogP contribution in [0.4, 0.5) is 0 Å². The van der Waals surface area contributed by atoms with Crippen LogP contribution in [0.2, 0.25) is 0 Å². The summed E-state index contributed by atoms with van der Waals surface area (Å²) in [5.74, 6) is 0.117. The Bertz CT molecular complexity index is 453. The van der Waals surface area contributed by atoms with Crippen molar-refractivity contribution in [2.75, 3.05) is 26.2 Å². The fourth-order valence-corrected chi connectivity index (χ4v) is 2.64. The van der Waals surface area contributed by atoms with Gasteiger partial charge in [0.05, 0.1) is 6.04 Å². The zero-order valence-electron chi connectivity index (χ0n) is 13.3. The molecule has 0 aliphatic carbocycles. The van der Waals surface area contributed by atoms with Gasteiger partial charge >= 0.3 is 0 Å². The number of nitrogens with zero attached hydrogens (tertiary/aromatic N) is 1. The zero-order valence-corrected chi connectivity index (χ0v) is 14.9. The molecule has 4 nitrogen and oxygen atoms in total. The highest BCUT2D eigenvalue weighted by molar-refractivity contribution is 5.85. The van der Waals surface area contributed by atoms with Gasteiger partial charge in [-0.2, -0.15) is 0 Å². The molecule has 0 aromatic heterocycles. The van der Waals surface area contributed by atoms with Crippen LogP contribution in [0.3, 0.4) is 0 Å². The van der Waals surface area contributed by atoms with Crippen molar-refractivity contribution in [3.63, 3.8) is 0 Å². The molecule has 1 aliphatic rings. The minimum Gasteiger partial charge on any atom is -0.353 e. The van der Waals surface area contributed by atoms with Crippen LogP contribution < -0.4 is 10.6 Å². The third kappa shape index (κ3) is 5.76. The first-order valence-corrected chi connectivity index (χ1v) is 7.54. The van der Waals surface area contributed by atoms with Gasteiger partial charge in [0.15, 0.2) is 0 Å². The topological polar surface area (TPSA) is 44.4 Å². The van der Waals surface area contributed by atoms with Gasteiger partial charge in [0.1, 0.15) is 0 Å². The summed E-state index contributed by atoms with van der Waals surface area (Å²) in [6.45, 7) is 8.77. The van der Waals surface area contributed by atoms with E-state index < -0.39 is 0 Å². The minimum absolute atomic E-state index is 0. The van der Waals surface area contributed by atoms with Gasteiger partial charge in [-0.1, -0.05) is 38.1 Å². The van der Waals surface area contributed by atoms with Crippen molar-refractivity contribution < 1.29 is 4.79 Å². The summed E-state index contributed by atoms with van der Waals surface area (Å²) in [5, 5.41) is 6.35. The second-order valence-corrected chi connectivity index (χ2v) is 5.22. The van der Waals surface area contributed by atoms with Gasteiger partial charge in [-0.05, 0) is 30.6 Å². The summed E-state index contributed by atoms with van der Waals surface area (Å²) >= 11 is 0. The third-order valence-electron chi connectivity index (χ3n) is 4.02. The normalized spacial score (nSPS) is 16.2. The van der Waals surface area contributed by atoms with Crippen LogP contribution in [-0.4, -0.2) is 43.0 Å². The molecule has 0 fully saturated rings. The summed E-state index contributed by atoms with van der Waals surface area (Å²) in [6, 6.07) is 8.23. The fraction of sp³-hybridized carbons (Fsp3) is 0.562. The fourth-order valence-electron chi connectivity index (χ4n) is 2.64.